The Balaban J connectivity index is 2.09. The lowest BCUT2D eigenvalue weighted by atomic mass is 9.86. The van der Waals surface area contributed by atoms with Crippen LogP contribution in [0, 0.1) is 5.92 Å². The third-order valence-corrected chi connectivity index (χ3v) is 3.85. The Kier molecular flexibility index (Phi) is 4.78. The van der Waals surface area contributed by atoms with Gasteiger partial charge in [-0.05, 0) is 43.9 Å². The summed E-state index contributed by atoms with van der Waals surface area (Å²) in [5.41, 5.74) is 4.95. The van der Waals surface area contributed by atoms with Gasteiger partial charge >= 0.3 is 6.18 Å². The second-order valence-corrected chi connectivity index (χ2v) is 5.76. The number of nitrogens with one attached hydrogen (secondary N) is 1. The van der Waals surface area contributed by atoms with Gasteiger partial charge in [0.2, 0.25) is 5.91 Å². The van der Waals surface area contributed by atoms with Crippen LogP contribution in [0.5, 0.6) is 0 Å². The van der Waals surface area contributed by atoms with Crippen molar-refractivity contribution < 1.29 is 18.0 Å². The molecule has 0 saturated heterocycles. The predicted molar refractivity (Wildman–Crippen MR) is 75.0 cm³/mol. The number of carbonyl (C=O) groups is 1. The highest BCUT2D eigenvalue weighted by Gasteiger charge is 2.31. The normalized spacial score (nSPS) is 22.9. The quantitative estimate of drug-likeness (QED) is 0.870. The summed E-state index contributed by atoms with van der Waals surface area (Å²) in [7, 11) is 0. The van der Waals surface area contributed by atoms with Crippen LogP contribution >= 0.6 is 11.6 Å². The standard InChI is InChI=1S/C14H16ClF3N2O/c15-10-5-9(14(16,17)18)6-12(7-10)20-13(21)8-1-3-11(19)4-2-8/h5-8,11H,1-4,19H2,(H,20,21). The third kappa shape index (κ3) is 4.35. The van der Waals surface area contributed by atoms with Gasteiger partial charge in [-0.1, -0.05) is 11.6 Å². The highest BCUT2D eigenvalue weighted by molar-refractivity contribution is 6.31. The van der Waals surface area contributed by atoms with E-state index in [1.54, 1.807) is 0 Å². The van der Waals surface area contributed by atoms with Gasteiger partial charge in [-0.15, -0.1) is 0 Å². The van der Waals surface area contributed by atoms with E-state index in [4.69, 9.17) is 17.3 Å². The van der Waals surface area contributed by atoms with E-state index < -0.39 is 11.7 Å². The number of halogens is 4. The van der Waals surface area contributed by atoms with Crippen molar-refractivity contribution in [3.05, 3.63) is 28.8 Å². The summed E-state index contributed by atoms with van der Waals surface area (Å²) < 4.78 is 38.1. The molecule has 0 unspecified atom stereocenters. The molecule has 2 rings (SSSR count). The van der Waals surface area contributed by atoms with Gasteiger partial charge in [-0.25, -0.2) is 0 Å². The molecule has 1 saturated carbocycles. The Morgan fingerprint density at radius 1 is 1.19 bits per heavy atom. The number of hydrogen-bond acceptors (Lipinski definition) is 2. The second-order valence-electron chi connectivity index (χ2n) is 5.33. The van der Waals surface area contributed by atoms with Crippen LogP contribution in [0.15, 0.2) is 18.2 Å². The fourth-order valence-corrected chi connectivity index (χ4v) is 2.69. The van der Waals surface area contributed by atoms with Crippen LogP contribution in [-0.2, 0) is 11.0 Å². The van der Waals surface area contributed by atoms with E-state index in [9.17, 15) is 18.0 Å². The molecule has 0 spiro atoms. The molecular weight excluding hydrogens is 305 g/mol. The van der Waals surface area contributed by atoms with Crippen molar-refractivity contribution in [1.82, 2.24) is 0 Å². The van der Waals surface area contributed by atoms with Gasteiger partial charge < -0.3 is 11.1 Å². The van der Waals surface area contributed by atoms with E-state index in [0.717, 1.165) is 25.0 Å². The molecule has 1 aromatic rings. The van der Waals surface area contributed by atoms with Crippen LogP contribution < -0.4 is 11.1 Å². The number of anilines is 1. The average molecular weight is 321 g/mol. The van der Waals surface area contributed by atoms with Crippen molar-refractivity contribution in [1.29, 1.82) is 0 Å². The minimum atomic E-state index is -4.50. The van der Waals surface area contributed by atoms with Crippen molar-refractivity contribution in [2.75, 3.05) is 5.32 Å². The first-order valence-electron chi connectivity index (χ1n) is 6.70. The first kappa shape index (κ1) is 16.1. The second kappa shape index (κ2) is 6.23. The molecule has 1 fully saturated rings. The summed E-state index contributed by atoms with van der Waals surface area (Å²) in [4.78, 5) is 12.1. The van der Waals surface area contributed by atoms with Gasteiger partial charge in [-0.3, -0.25) is 4.79 Å². The monoisotopic (exact) mass is 320 g/mol. The van der Waals surface area contributed by atoms with Crippen LogP contribution in [0.4, 0.5) is 18.9 Å². The van der Waals surface area contributed by atoms with Crippen molar-refractivity contribution in [2.24, 2.45) is 11.7 Å². The van der Waals surface area contributed by atoms with Gasteiger partial charge in [0.15, 0.2) is 0 Å². The van der Waals surface area contributed by atoms with Crippen molar-refractivity contribution in [2.45, 2.75) is 37.9 Å². The minimum absolute atomic E-state index is 0.0641. The smallest absolute Gasteiger partial charge is 0.328 e. The predicted octanol–water partition coefficient (Wildman–Crippen LogP) is 3.81. The van der Waals surface area contributed by atoms with Crippen LogP contribution in [0.2, 0.25) is 5.02 Å². The molecule has 3 N–H and O–H groups in total. The van der Waals surface area contributed by atoms with E-state index in [-0.39, 0.29) is 28.6 Å². The minimum Gasteiger partial charge on any atom is -0.328 e. The Bertz CT molecular complexity index is 525. The van der Waals surface area contributed by atoms with Gasteiger partial charge in [0.05, 0.1) is 5.56 Å². The molecule has 7 heteroatoms. The Hall–Kier alpha value is -1.27. The first-order valence-corrected chi connectivity index (χ1v) is 7.08. The average Bonchev–Trinajstić information content (AvgIpc) is 2.37. The molecule has 21 heavy (non-hydrogen) atoms. The molecule has 1 aliphatic rings. The summed E-state index contributed by atoms with van der Waals surface area (Å²) in [6.45, 7) is 0. The summed E-state index contributed by atoms with van der Waals surface area (Å²) in [6, 6.07) is 3.13. The molecule has 1 aliphatic carbocycles. The number of rotatable bonds is 2. The molecule has 1 aromatic carbocycles. The molecule has 0 aromatic heterocycles. The molecule has 0 bridgehead atoms. The zero-order chi connectivity index (χ0) is 15.6. The number of nitrogens with two attached hydrogens (primary N) is 1. The topological polar surface area (TPSA) is 55.1 Å². The van der Waals surface area contributed by atoms with Crippen LogP contribution in [0.1, 0.15) is 31.2 Å². The van der Waals surface area contributed by atoms with Gasteiger partial charge in [0.25, 0.3) is 0 Å². The molecule has 0 aliphatic heterocycles. The Morgan fingerprint density at radius 2 is 1.81 bits per heavy atom. The largest absolute Gasteiger partial charge is 0.416 e. The lowest BCUT2D eigenvalue weighted by molar-refractivity contribution is -0.137. The molecule has 0 heterocycles. The fraction of sp³-hybridized carbons (Fsp3) is 0.500. The summed E-state index contributed by atoms with van der Waals surface area (Å²) in [5.74, 6) is -0.490. The van der Waals surface area contributed by atoms with Crippen molar-refractivity contribution in [3.8, 4) is 0 Å². The zero-order valence-electron chi connectivity index (χ0n) is 11.2. The zero-order valence-corrected chi connectivity index (χ0v) is 12.0. The first-order chi connectivity index (χ1) is 9.75. The highest BCUT2D eigenvalue weighted by atomic mass is 35.5. The van der Waals surface area contributed by atoms with E-state index >= 15 is 0 Å². The van der Waals surface area contributed by atoms with E-state index in [1.165, 1.54) is 6.07 Å². The number of benzene rings is 1. The van der Waals surface area contributed by atoms with Crippen LogP contribution in [-0.4, -0.2) is 11.9 Å². The lowest BCUT2D eigenvalue weighted by Crippen LogP contribution is -2.32. The summed E-state index contributed by atoms with van der Waals surface area (Å²) >= 11 is 5.68. The Morgan fingerprint density at radius 3 is 2.38 bits per heavy atom. The van der Waals surface area contributed by atoms with E-state index in [2.05, 4.69) is 5.32 Å². The maximum atomic E-state index is 12.7. The lowest BCUT2D eigenvalue weighted by Gasteiger charge is -2.25. The number of hydrogen-bond donors (Lipinski definition) is 2. The van der Waals surface area contributed by atoms with Gasteiger partial charge in [0, 0.05) is 22.7 Å². The fourth-order valence-electron chi connectivity index (χ4n) is 2.45. The van der Waals surface area contributed by atoms with E-state index in [1.807, 2.05) is 0 Å². The number of carbonyl (C=O) groups excluding carboxylic acids is 1. The SMILES string of the molecule is NC1CCC(C(=O)Nc2cc(Cl)cc(C(F)(F)F)c2)CC1. The Labute approximate surface area is 125 Å². The van der Waals surface area contributed by atoms with Crippen LogP contribution in [0.25, 0.3) is 0 Å². The van der Waals surface area contributed by atoms with Crippen molar-refractivity contribution >= 4 is 23.2 Å². The third-order valence-electron chi connectivity index (χ3n) is 3.64. The maximum absolute atomic E-state index is 12.7. The van der Waals surface area contributed by atoms with Gasteiger partial charge in [0.1, 0.15) is 0 Å². The molecular formula is C14H16ClF3N2O. The molecule has 0 atom stereocenters. The summed E-state index contributed by atoms with van der Waals surface area (Å²) in [6.07, 6.45) is -1.69. The maximum Gasteiger partial charge on any atom is 0.416 e. The number of amides is 1. The number of alkyl halides is 3. The van der Waals surface area contributed by atoms with Gasteiger partial charge in [-0.2, -0.15) is 13.2 Å². The molecule has 116 valence electrons. The van der Waals surface area contributed by atoms with Crippen molar-refractivity contribution in [3.63, 3.8) is 0 Å². The summed E-state index contributed by atoms with van der Waals surface area (Å²) in [5, 5.41) is 2.45. The van der Waals surface area contributed by atoms with Crippen LogP contribution in [0.3, 0.4) is 0 Å². The van der Waals surface area contributed by atoms with E-state index in [0.29, 0.717) is 12.8 Å². The molecule has 3 nitrogen and oxygen atoms in total. The molecule has 1 amide bonds. The highest BCUT2D eigenvalue weighted by Crippen LogP contribution is 2.33. The molecule has 0 radical (unpaired) electrons.